The molecule has 0 atom stereocenters. The molecule has 8 nitrogen and oxygen atoms in total. The number of nitrogens with zero attached hydrogens (tertiary/aromatic N) is 5. The lowest BCUT2D eigenvalue weighted by Crippen LogP contribution is -2.31. The van der Waals surface area contributed by atoms with E-state index in [1.165, 1.54) is 0 Å². The topological polar surface area (TPSA) is 95.1 Å². The van der Waals surface area contributed by atoms with Crippen molar-refractivity contribution in [2.75, 3.05) is 13.2 Å². The van der Waals surface area contributed by atoms with Gasteiger partial charge in [-0.3, -0.25) is 19.1 Å². The minimum atomic E-state index is -0.0476. The highest BCUT2D eigenvalue weighted by Gasteiger charge is 2.27. The lowest BCUT2D eigenvalue weighted by atomic mass is 9.92. The predicted molar refractivity (Wildman–Crippen MR) is 135 cm³/mol. The number of pyridine rings is 3. The average Bonchev–Trinajstić information content (AvgIpc) is 3.17. The molecular formula is C27H27N5O3. The third-order valence-electron chi connectivity index (χ3n) is 7.10. The minimum Gasteiger partial charge on any atom is -0.394 e. The highest BCUT2D eigenvalue weighted by atomic mass is 16.5. The van der Waals surface area contributed by atoms with Crippen LogP contribution in [0.25, 0.3) is 44.2 Å². The molecule has 1 aliphatic rings. The Kier molecular flexibility index (Phi) is 5.54. The number of aromatic nitrogens is 5. The summed E-state index contributed by atoms with van der Waals surface area (Å²) in [6.07, 6.45) is 7.14. The molecule has 1 saturated carbocycles. The van der Waals surface area contributed by atoms with Gasteiger partial charge >= 0.3 is 5.69 Å². The molecule has 0 radical (unpaired) electrons. The normalized spacial score (nSPS) is 18.6. The molecule has 1 N–H and O–H groups in total. The molecule has 4 aromatic heterocycles. The van der Waals surface area contributed by atoms with Crippen molar-refractivity contribution in [3.8, 4) is 11.3 Å². The van der Waals surface area contributed by atoms with Crippen LogP contribution in [0.1, 0.15) is 31.7 Å². The number of rotatable bonds is 5. The maximum Gasteiger partial charge on any atom is 0.329 e. The number of imidazole rings is 1. The zero-order valence-corrected chi connectivity index (χ0v) is 19.6. The van der Waals surface area contributed by atoms with Crippen molar-refractivity contribution in [1.82, 2.24) is 24.1 Å². The second kappa shape index (κ2) is 8.87. The van der Waals surface area contributed by atoms with Crippen molar-refractivity contribution in [1.29, 1.82) is 0 Å². The quantitative estimate of drug-likeness (QED) is 0.418. The number of ether oxygens (including phenoxy) is 1. The Labute approximate surface area is 201 Å². The van der Waals surface area contributed by atoms with E-state index in [4.69, 9.17) is 14.8 Å². The van der Waals surface area contributed by atoms with Crippen molar-refractivity contribution >= 4 is 33.0 Å². The van der Waals surface area contributed by atoms with Crippen molar-refractivity contribution < 1.29 is 9.84 Å². The van der Waals surface area contributed by atoms with E-state index in [-0.39, 0.29) is 24.4 Å². The number of hydrogen-bond donors (Lipinski definition) is 1. The van der Waals surface area contributed by atoms with Crippen LogP contribution in [0.15, 0.2) is 59.7 Å². The fourth-order valence-electron chi connectivity index (χ4n) is 5.29. The molecule has 4 heterocycles. The van der Waals surface area contributed by atoms with Crippen LogP contribution in [0, 0.1) is 0 Å². The van der Waals surface area contributed by atoms with Gasteiger partial charge in [0, 0.05) is 30.2 Å². The minimum absolute atomic E-state index is 0.0302. The van der Waals surface area contributed by atoms with Crippen molar-refractivity contribution in [3.63, 3.8) is 0 Å². The van der Waals surface area contributed by atoms with Gasteiger partial charge < -0.3 is 9.84 Å². The Hall–Kier alpha value is -3.62. The van der Waals surface area contributed by atoms with Gasteiger partial charge in [0.1, 0.15) is 5.52 Å². The number of aryl methyl sites for hydroxylation is 1. The summed E-state index contributed by atoms with van der Waals surface area (Å²) in [5.41, 5.74) is 5.72. The summed E-state index contributed by atoms with van der Waals surface area (Å²) in [5.74, 6) is 0. The summed E-state index contributed by atoms with van der Waals surface area (Å²) in [7, 11) is 1.79. The van der Waals surface area contributed by atoms with Crippen molar-refractivity contribution in [2.24, 2.45) is 7.05 Å². The molecule has 0 unspecified atom stereocenters. The summed E-state index contributed by atoms with van der Waals surface area (Å²) in [5, 5.41) is 10.1. The lowest BCUT2D eigenvalue weighted by molar-refractivity contribution is 0.00168. The predicted octanol–water partition coefficient (Wildman–Crippen LogP) is 3.99. The Balaban J connectivity index is 1.47. The van der Waals surface area contributed by atoms with E-state index in [0.717, 1.165) is 69.9 Å². The first-order valence-electron chi connectivity index (χ1n) is 12.1. The van der Waals surface area contributed by atoms with Crippen molar-refractivity contribution in [3.05, 3.63) is 65.3 Å². The lowest BCUT2D eigenvalue weighted by Gasteiger charge is -2.29. The molecule has 0 bridgehead atoms. The second-order valence-corrected chi connectivity index (χ2v) is 9.21. The fourth-order valence-corrected chi connectivity index (χ4v) is 5.29. The summed E-state index contributed by atoms with van der Waals surface area (Å²) in [6.45, 7) is 0.388. The van der Waals surface area contributed by atoms with Crippen LogP contribution in [-0.4, -0.2) is 48.5 Å². The summed E-state index contributed by atoms with van der Waals surface area (Å²) in [4.78, 5) is 27.6. The molecule has 0 spiro atoms. The Morgan fingerprint density at radius 1 is 1.03 bits per heavy atom. The molecule has 0 amide bonds. The summed E-state index contributed by atoms with van der Waals surface area (Å²) in [6, 6.07) is 14.1. The largest absolute Gasteiger partial charge is 0.394 e. The zero-order valence-electron chi connectivity index (χ0n) is 19.6. The van der Waals surface area contributed by atoms with Gasteiger partial charge in [-0.25, -0.2) is 9.78 Å². The van der Waals surface area contributed by atoms with Crippen LogP contribution in [-0.2, 0) is 11.8 Å². The van der Waals surface area contributed by atoms with Crippen LogP contribution in [0.5, 0.6) is 0 Å². The van der Waals surface area contributed by atoms with Crippen LogP contribution >= 0.6 is 0 Å². The molecule has 5 aromatic rings. The van der Waals surface area contributed by atoms with E-state index < -0.39 is 0 Å². The van der Waals surface area contributed by atoms with Gasteiger partial charge in [-0.1, -0.05) is 18.2 Å². The number of hydrogen-bond acceptors (Lipinski definition) is 6. The molecular weight excluding hydrogens is 442 g/mol. The maximum absolute atomic E-state index is 13.4. The first-order chi connectivity index (χ1) is 17.1. The van der Waals surface area contributed by atoms with E-state index in [0.29, 0.717) is 6.61 Å². The van der Waals surface area contributed by atoms with Crippen LogP contribution in [0.4, 0.5) is 0 Å². The summed E-state index contributed by atoms with van der Waals surface area (Å²) >= 11 is 0. The van der Waals surface area contributed by atoms with Crippen LogP contribution in [0.3, 0.4) is 0 Å². The van der Waals surface area contributed by atoms with E-state index in [2.05, 4.69) is 16.0 Å². The highest BCUT2D eigenvalue weighted by molar-refractivity contribution is 6.00. The molecule has 8 heteroatoms. The average molecular weight is 470 g/mol. The highest BCUT2D eigenvalue weighted by Crippen LogP contribution is 2.34. The summed E-state index contributed by atoms with van der Waals surface area (Å²) < 4.78 is 9.32. The maximum atomic E-state index is 13.4. The number of aliphatic hydroxyl groups excluding tert-OH is 1. The fraction of sp³-hybridized carbons (Fsp3) is 0.333. The van der Waals surface area contributed by atoms with E-state index in [1.807, 2.05) is 47.2 Å². The SMILES string of the molecule is Cn1c(=O)n(C2CCC(OCCO)CC2)c2c3nc(-c4cnc5ccccc5c4)ccc3ncc21. The van der Waals surface area contributed by atoms with Crippen LogP contribution in [0.2, 0.25) is 0 Å². The number of aliphatic hydroxyl groups is 1. The monoisotopic (exact) mass is 469 g/mol. The van der Waals surface area contributed by atoms with Crippen LogP contribution < -0.4 is 5.69 Å². The Bertz CT molecular complexity index is 1600. The van der Waals surface area contributed by atoms with Gasteiger partial charge in [-0.2, -0.15) is 0 Å². The van der Waals surface area contributed by atoms with E-state index in [9.17, 15) is 4.79 Å². The van der Waals surface area contributed by atoms with Gasteiger partial charge in [-0.15, -0.1) is 0 Å². The van der Waals surface area contributed by atoms with Gasteiger partial charge in [0.2, 0.25) is 0 Å². The standard InChI is InChI=1S/C27H27N5O3/c1-31-24-16-29-23-11-10-22(18-14-17-4-2-3-5-21(17)28-15-18)30-25(23)26(24)32(27(31)34)19-6-8-20(9-7-19)35-13-12-33/h2-5,10-11,14-16,19-20,33H,6-9,12-13H2,1H3. The molecule has 0 saturated heterocycles. The van der Waals surface area contributed by atoms with E-state index >= 15 is 0 Å². The molecule has 6 rings (SSSR count). The molecule has 1 fully saturated rings. The van der Waals surface area contributed by atoms with Gasteiger partial charge in [0.15, 0.2) is 0 Å². The number of benzene rings is 1. The number of para-hydroxylation sites is 1. The number of fused-ring (bicyclic) bond motifs is 4. The molecule has 0 aliphatic heterocycles. The Morgan fingerprint density at radius 3 is 2.66 bits per heavy atom. The third kappa shape index (κ3) is 3.79. The van der Waals surface area contributed by atoms with Crippen molar-refractivity contribution in [2.45, 2.75) is 37.8 Å². The molecule has 35 heavy (non-hydrogen) atoms. The molecule has 178 valence electrons. The first kappa shape index (κ1) is 21.9. The van der Waals surface area contributed by atoms with Gasteiger partial charge in [0.05, 0.1) is 53.3 Å². The molecule has 1 aliphatic carbocycles. The van der Waals surface area contributed by atoms with E-state index in [1.54, 1.807) is 17.8 Å². The van der Waals surface area contributed by atoms with Gasteiger partial charge in [-0.05, 0) is 49.9 Å². The smallest absolute Gasteiger partial charge is 0.329 e. The Morgan fingerprint density at radius 2 is 1.83 bits per heavy atom. The second-order valence-electron chi connectivity index (χ2n) is 9.21. The van der Waals surface area contributed by atoms with Gasteiger partial charge in [0.25, 0.3) is 0 Å². The zero-order chi connectivity index (χ0) is 23.9. The first-order valence-corrected chi connectivity index (χ1v) is 12.1. The molecule has 1 aromatic carbocycles. The third-order valence-corrected chi connectivity index (χ3v) is 7.10.